The highest BCUT2D eigenvalue weighted by atomic mass is 32.2. The number of piperidine rings is 1. The van der Waals surface area contributed by atoms with Gasteiger partial charge in [0.05, 0.1) is 6.10 Å². The molecule has 7 heteroatoms. The monoisotopic (exact) mass is 265 g/mol. The molecule has 1 saturated heterocycles. The van der Waals surface area contributed by atoms with Gasteiger partial charge in [-0.05, 0) is 19.3 Å². The van der Waals surface area contributed by atoms with E-state index in [0.29, 0.717) is 26.1 Å². The van der Waals surface area contributed by atoms with Crippen molar-refractivity contribution in [2.45, 2.75) is 38.3 Å². The topological polar surface area (TPSA) is 84.7 Å². The molecule has 0 spiro atoms. The van der Waals surface area contributed by atoms with Gasteiger partial charge in [0, 0.05) is 32.8 Å². The highest BCUT2D eigenvalue weighted by Crippen LogP contribution is 2.21. The van der Waals surface area contributed by atoms with Crippen LogP contribution in [-0.4, -0.2) is 51.6 Å². The molecule has 0 aromatic carbocycles. The molecule has 3 N–H and O–H groups in total. The fraction of sp³-hybridized carbons (Fsp3) is 1.00. The molecular formula is C10H23N3O3S. The number of methoxy groups -OCH3 is 1. The molecule has 1 aliphatic rings. The second-order valence-electron chi connectivity index (χ2n) is 4.28. The van der Waals surface area contributed by atoms with Gasteiger partial charge in [0.15, 0.2) is 0 Å². The van der Waals surface area contributed by atoms with Crippen LogP contribution in [0.2, 0.25) is 0 Å². The summed E-state index contributed by atoms with van der Waals surface area (Å²) in [4.78, 5) is 0. The van der Waals surface area contributed by atoms with Gasteiger partial charge < -0.3 is 10.5 Å². The normalized spacial score (nSPS) is 27.2. The van der Waals surface area contributed by atoms with Crippen LogP contribution in [0.4, 0.5) is 0 Å². The van der Waals surface area contributed by atoms with Gasteiger partial charge in [0.2, 0.25) is 0 Å². The zero-order chi connectivity index (χ0) is 12.9. The standard InChI is InChI=1S/C10H23N3O3S/c1-3-5-12-17(14,15)13-6-4-10(16-2)7-9(13)8-11/h9-10,12H,3-8,11H2,1-2H3. The van der Waals surface area contributed by atoms with Crippen LogP contribution in [0, 0.1) is 0 Å². The summed E-state index contributed by atoms with van der Waals surface area (Å²) in [6.45, 7) is 3.19. The van der Waals surface area contributed by atoms with E-state index in [-0.39, 0.29) is 12.1 Å². The quantitative estimate of drug-likeness (QED) is 0.688. The van der Waals surface area contributed by atoms with Gasteiger partial charge in [-0.25, -0.2) is 4.72 Å². The van der Waals surface area contributed by atoms with E-state index in [9.17, 15) is 8.42 Å². The van der Waals surface area contributed by atoms with E-state index in [0.717, 1.165) is 12.8 Å². The van der Waals surface area contributed by atoms with Crippen LogP contribution in [0.25, 0.3) is 0 Å². The maximum atomic E-state index is 12.0. The third-order valence-corrected chi connectivity index (χ3v) is 4.73. The highest BCUT2D eigenvalue weighted by molar-refractivity contribution is 7.87. The summed E-state index contributed by atoms with van der Waals surface area (Å²) < 4.78 is 33.4. The molecule has 1 aliphatic heterocycles. The summed E-state index contributed by atoms with van der Waals surface area (Å²) in [5, 5.41) is 0. The van der Waals surface area contributed by atoms with Crippen molar-refractivity contribution in [3.05, 3.63) is 0 Å². The Morgan fingerprint density at radius 2 is 2.24 bits per heavy atom. The van der Waals surface area contributed by atoms with Crippen LogP contribution in [0.1, 0.15) is 26.2 Å². The Labute approximate surface area is 104 Å². The van der Waals surface area contributed by atoms with Gasteiger partial charge in [-0.15, -0.1) is 0 Å². The van der Waals surface area contributed by atoms with Crippen molar-refractivity contribution in [2.24, 2.45) is 5.73 Å². The predicted molar refractivity (Wildman–Crippen MR) is 66.8 cm³/mol. The van der Waals surface area contributed by atoms with Crippen molar-refractivity contribution in [1.29, 1.82) is 0 Å². The van der Waals surface area contributed by atoms with Crippen molar-refractivity contribution in [3.8, 4) is 0 Å². The van der Waals surface area contributed by atoms with Crippen LogP contribution in [-0.2, 0) is 14.9 Å². The SMILES string of the molecule is CCCNS(=O)(=O)N1CCC(OC)CC1CN. The van der Waals surface area contributed by atoms with Crippen molar-refractivity contribution in [3.63, 3.8) is 0 Å². The number of nitrogens with one attached hydrogen (secondary N) is 1. The fourth-order valence-corrected chi connectivity index (χ4v) is 3.59. The Bertz CT molecular complexity index is 321. The minimum atomic E-state index is -3.39. The fourth-order valence-electron chi connectivity index (χ4n) is 2.05. The molecule has 0 aromatic rings. The number of nitrogens with zero attached hydrogens (tertiary/aromatic N) is 1. The minimum Gasteiger partial charge on any atom is -0.381 e. The van der Waals surface area contributed by atoms with Crippen molar-refractivity contribution in [1.82, 2.24) is 9.03 Å². The maximum Gasteiger partial charge on any atom is 0.279 e. The summed E-state index contributed by atoms with van der Waals surface area (Å²) in [5.41, 5.74) is 5.65. The lowest BCUT2D eigenvalue weighted by Crippen LogP contribution is -2.54. The number of hydrogen-bond donors (Lipinski definition) is 2. The Kier molecular flexibility index (Phi) is 5.81. The maximum absolute atomic E-state index is 12.0. The molecule has 0 radical (unpaired) electrons. The van der Waals surface area contributed by atoms with Gasteiger partial charge in [0.1, 0.15) is 0 Å². The summed E-state index contributed by atoms with van der Waals surface area (Å²) >= 11 is 0. The summed E-state index contributed by atoms with van der Waals surface area (Å²) in [6, 6.07) is -0.164. The van der Waals surface area contributed by atoms with Gasteiger partial charge >= 0.3 is 0 Å². The molecule has 102 valence electrons. The van der Waals surface area contributed by atoms with E-state index in [1.54, 1.807) is 7.11 Å². The number of ether oxygens (including phenoxy) is 1. The second-order valence-corrected chi connectivity index (χ2v) is 5.99. The van der Waals surface area contributed by atoms with E-state index < -0.39 is 10.2 Å². The molecule has 1 fully saturated rings. The first-order valence-corrected chi connectivity index (χ1v) is 7.48. The van der Waals surface area contributed by atoms with Crippen molar-refractivity contribution < 1.29 is 13.2 Å². The first kappa shape index (κ1) is 14.8. The third kappa shape index (κ3) is 3.89. The van der Waals surface area contributed by atoms with E-state index in [1.807, 2.05) is 6.92 Å². The Hall–Kier alpha value is -0.210. The zero-order valence-corrected chi connectivity index (χ0v) is 11.4. The van der Waals surface area contributed by atoms with E-state index in [2.05, 4.69) is 4.72 Å². The molecule has 2 atom stereocenters. The lowest BCUT2D eigenvalue weighted by Gasteiger charge is -2.37. The molecule has 0 aromatic heterocycles. The third-order valence-electron chi connectivity index (χ3n) is 3.06. The van der Waals surface area contributed by atoms with Gasteiger partial charge in [-0.2, -0.15) is 12.7 Å². The molecule has 6 nitrogen and oxygen atoms in total. The summed E-state index contributed by atoms with van der Waals surface area (Å²) in [6.07, 6.45) is 2.28. The Balaban J connectivity index is 2.69. The van der Waals surface area contributed by atoms with Crippen LogP contribution in [0.15, 0.2) is 0 Å². The number of hydrogen-bond acceptors (Lipinski definition) is 4. The van der Waals surface area contributed by atoms with Crippen molar-refractivity contribution in [2.75, 3.05) is 26.7 Å². The molecule has 0 amide bonds. The van der Waals surface area contributed by atoms with Gasteiger partial charge in [0.25, 0.3) is 10.2 Å². The predicted octanol–water partition coefficient (Wildman–Crippen LogP) is -0.331. The summed E-state index contributed by atoms with van der Waals surface area (Å²) in [7, 11) is -1.74. The molecule has 17 heavy (non-hydrogen) atoms. The smallest absolute Gasteiger partial charge is 0.279 e. The number of rotatable bonds is 6. The Morgan fingerprint density at radius 3 is 2.76 bits per heavy atom. The van der Waals surface area contributed by atoms with Crippen LogP contribution < -0.4 is 10.5 Å². The summed E-state index contributed by atoms with van der Waals surface area (Å²) in [5.74, 6) is 0. The minimum absolute atomic E-state index is 0.112. The molecule has 0 bridgehead atoms. The van der Waals surface area contributed by atoms with E-state index >= 15 is 0 Å². The van der Waals surface area contributed by atoms with Crippen LogP contribution in [0.5, 0.6) is 0 Å². The average Bonchev–Trinajstić information content (AvgIpc) is 2.35. The van der Waals surface area contributed by atoms with Crippen LogP contribution in [0.3, 0.4) is 0 Å². The first-order valence-electron chi connectivity index (χ1n) is 6.04. The lowest BCUT2D eigenvalue weighted by molar-refractivity contribution is 0.0398. The number of nitrogens with two attached hydrogens (primary N) is 1. The van der Waals surface area contributed by atoms with Gasteiger partial charge in [-0.3, -0.25) is 0 Å². The zero-order valence-electron chi connectivity index (χ0n) is 10.6. The molecule has 0 saturated carbocycles. The lowest BCUT2D eigenvalue weighted by atomic mass is 10.0. The molecule has 2 unspecified atom stereocenters. The van der Waals surface area contributed by atoms with E-state index in [1.165, 1.54) is 4.31 Å². The largest absolute Gasteiger partial charge is 0.381 e. The molecule has 0 aliphatic carbocycles. The molecule has 1 heterocycles. The highest BCUT2D eigenvalue weighted by Gasteiger charge is 2.34. The Morgan fingerprint density at radius 1 is 1.53 bits per heavy atom. The van der Waals surface area contributed by atoms with E-state index in [4.69, 9.17) is 10.5 Å². The first-order chi connectivity index (χ1) is 8.05. The van der Waals surface area contributed by atoms with Crippen LogP contribution >= 0.6 is 0 Å². The second kappa shape index (κ2) is 6.65. The van der Waals surface area contributed by atoms with Crippen molar-refractivity contribution >= 4 is 10.2 Å². The molecular weight excluding hydrogens is 242 g/mol. The van der Waals surface area contributed by atoms with Gasteiger partial charge in [-0.1, -0.05) is 6.92 Å². The molecule has 1 rings (SSSR count). The average molecular weight is 265 g/mol.